The minimum absolute atomic E-state index is 0.0910. The van der Waals surface area contributed by atoms with Crippen LogP contribution in [0.2, 0.25) is 5.02 Å². The maximum atomic E-state index is 13.2. The third-order valence-corrected chi connectivity index (χ3v) is 6.71. The third kappa shape index (κ3) is 6.09. The number of carbonyl (C=O) groups is 3. The summed E-state index contributed by atoms with van der Waals surface area (Å²) in [6, 6.07) is 21.9. The van der Waals surface area contributed by atoms with E-state index >= 15 is 0 Å². The fraction of sp³-hybridized carbons (Fsp3) is 0.233. The zero-order valence-corrected chi connectivity index (χ0v) is 21.8. The SMILES string of the molecule is CCOC(=O)C1=C(C)N(Cc2ccc(C(=O)Nc3ccc(C)cc3)cc2)C(=O)CC1c1ccc(Cl)cc1. The van der Waals surface area contributed by atoms with Crippen LogP contribution in [-0.2, 0) is 20.9 Å². The van der Waals surface area contributed by atoms with E-state index in [9.17, 15) is 14.4 Å². The summed E-state index contributed by atoms with van der Waals surface area (Å²) >= 11 is 6.04. The highest BCUT2D eigenvalue weighted by molar-refractivity contribution is 6.30. The largest absolute Gasteiger partial charge is 0.463 e. The Morgan fingerprint density at radius 2 is 1.62 bits per heavy atom. The van der Waals surface area contributed by atoms with Crippen molar-refractivity contribution in [3.63, 3.8) is 0 Å². The number of hydrogen-bond acceptors (Lipinski definition) is 4. The van der Waals surface area contributed by atoms with Gasteiger partial charge in [0.1, 0.15) is 0 Å². The predicted molar refractivity (Wildman–Crippen MR) is 144 cm³/mol. The van der Waals surface area contributed by atoms with E-state index in [0.29, 0.717) is 21.9 Å². The van der Waals surface area contributed by atoms with Gasteiger partial charge in [-0.15, -0.1) is 0 Å². The van der Waals surface area contributed by atoms with Gasteiger partial charge >= 0.3 is 5.97 Å². The van der Waals surface area contributed by atoms with Crippen LogP contribution in [0, 0.1) is 6.92 Å². The highest BCUT2D eigenvalue weighted by Gasteiger charge is 2.36. The number of anilines is 1. The fourth-order valence-corrected chi connectivity index (χ4v) is 4.57. The average molecular weight is 517 g/mol. The average Bonchev–Trinajstić information content (AvgIpc) is 2.88. The summed E-state index contributed by atoms with van der Waals surface area (Å²) in [5, 5.41) is 3.47. The van der Waals surface area contributed by atoms with Crippen molar-refractivity contribution in [2.24, 2.45) is 0 Å². The smallest absolute Gasteiger partial charge is 0.336 e. The Labute approximate surface area is 221 Å². The van der Waals surface area contributed by atoms with Gasteiger partial charge in [-0.1, -0.05) is 53.6 Å². The lowest BCUT2D eigenvalue weighted by Gasteiger charge is -2.34. The minimum atomic E-state index is -0.430. The molecule has 6 nitrogen and oxygen atoms in total. The van der Waals surface area contributed by atoms with Crippen molar-refractivity contribution in [2.45, 2.75) is 39.7 Å². The van der Waals surface area contributed by atoms with Crippen LogP contribution < -0.4 is 5.32 Å². The monoisotopic (exact) mass is 516 g/mol. The predicted octanol–water partition coefficient (Wildman–Crippen LogP) is 6.25. The first-order valence-corrected chi connectivity index (χ1v) is 12.5. The fourth-order valence-electron chi connectivity index (χ4n) is 4.44. The number of allylic oxidation sites excluding steroid dienone is 1. The third-order valence-electron chi connectivity index (χ3n) is 6.46. The van der Waals surface area contributed by atoms with Gasteiger partial charge in [-0.05, 0) is 68.3 Å². The molecule has 1 aliphatic rings. The maximum absolute atomic E-state index is 13.2. The molecule has 0 aromatic heterocycles. The van der Waals surface area contributed by atoms with Gasteiger partial charge in [-0.3, -0.25) is 9.59 Å². The highest BCUT2D eigenvalue weighted by Crippen LogP contribution is 2.38. The number of esters is 1. The molecule has 0 fully saturated rings. The van der Waals surface area contributed by atoms with Crippen LogP contribution in [0.1, 0.15) is 53.2 Å². The van der Waals surface area contributed by atoms with Crippen LogP contribution in [-0.4, -0.2) is 29.3 Å². The molecule has 4 rings (SSSR count). The van der Waals surface area contributed by atoms with Crippen molar-refractivity contribution in [1.29, 1.82) is 0 Å². The molecule has 1 atom stereocenters. The molecule has 1 heterocycles. The topological polar surface area (TPSA) is 75.7 Å². The second-order valence-corrected chi connectivity index (χ2v) is 9.46. The minimum Gasteiger partial charge on any atom is -0.463 e. The lowest BCUT2D eigenvalue weighted by atomic mass is 9.83. The molecular weight excluding hydrogens is 488 g/mol. The zero-order valence-electron chi connectivity index (χ0n) is 21.1. The van der Waals surface area contributed by atoms with Gasteiger partial charge < -0.3 is 15.0 Å². The summed E-state index contributed by atoms with van der Waals surface area (Å²) in [5.74, 6) is -1.14. The van der Waals surface area contributed by atoms with Gasteiger partial charge in [0.05, 0.1) is 18.7 Å². The second kappa shape index (κ2) is 11.4. The van der Waals surface area contributed by atoms with Gasteiger partial charge in [0.15, 0.2) is 0 Å². The molecule has 1 N–H and O–H groups in total. The van der Waals surface area contributed by atoms with E-state index in [2.05, 4.69) is 5.32 Å². The van der Waals surface area contributed by atoms with Crippen molar-refractivity contribution >= 4 is 35.1 Å². The summed E-state index contributed by atoms with van der Waals surface area (Å²) in [6.07, 6.45) is 0.143. The van der Waals surface area contributed by atoms with Crippen molar-refractivity contribution in [2.75, 3.05) is 11.9 Å². The van der Waals surface area contributed by atoms with Crippen LogP contribution >= 0.6 is 11.6 Å². The molecule has 0 aliphatic carbocycles. The number of hydrogen-bond donors (Lipinski definition) is 1. The van der Waals surface area contributed by atoms with Crippen LogP contribution in [0.15, 0.2) is 84.1 Å². The van der Waals surface area contributed by atoms with Crippen molar-refractivity contribution in [3.8, 4) is 0 Å². The molecule has 190 valence electrons. The summed E-state index contributed by atoms with van der Waals surface area (Å²) in [4.78, 5) is 40.4. The van der Waals surface area contributed by atoms with E-state index in [1.807, 2.05) is 55.5 Å². The molecule has 2 amide bonds. The van der Waals surface area contributed by atoms with Gasteiger partial charge in [0.2, 0.25) is 5.91 Å². The summed E-state index contributed by atoms with van der Waals surface area (Å²) < 4.78 is 5.35. The number of halogens is 1. The summed E-state index contributed by atoms with van der Waals surface area (Å²) in [5.41, 5.74) is 5.06. The van der Waals surface area contributed by atoms with E-state index in [0.717, 1.165) is 22.4 Å². The Morgan fingerprint density at radius 3 is 2.24 bits per heavy atom. The number of nitrogens with one attached hydrogen (secondary N) is 1. The van der Waals surface area contributed by atoms with E-state index < -0.39 is 11.9 Å². The Bertz CT molecular complexity index is 1330. The van der Waals surface area contributed by atoms with Gasteiger partial charge in [0, 0.05) is 34.3 Å². The number of benzene rings is 3. The van der Waals surface area contributed by atoms with Crippen molar-refractivity contribution in [1.82, 2.24) is 4.90 Å². The van der Waals surface area contributed by atoms with Crippen LogP contribution in [0.4, 0.5) is 5.69 Å². The first kappa shape index (κ1) is 26.2. The first-order chi connectivity index (χ1) is 17.8. The summed E-state index contributed by atoms with van der Waals surface area (Å²) in [7, 11) is 0. The molecule has 1 aliphatic heterocycles. The molecule has 0 saturated carbocycles. The normalized spacial score (nSPS) is 15.5. The second-order valence-electron chi connectivity index (χ2n) is 9.02. The molecular formula is C30H29ClN2O4. The molecule has 0 spiro atoms. The maximum Gasteiger partial charge on any atom is 0.336 e. The number of aryl methyl sites for hydroxylation is 1. The van der Waals surface area contributed by atoms with E-state index in [-0.39, 0.29) is 31.4 Å². The molecule has 0 saturated heterocycles. The Balaban J connectivity index is 1.55. The zero-order chi connectivity index (χ0) is 26.5. The Kier molecular flexibility index (Phi) is 8.09. The Morgan fingerprint density at radius 1 is 0.973 bits per heavy atom. The number of amides is 2. The highest BCUT2D eigenvalue weighted by atomic mass is 35.5. The lowest BCUT2D eigenvalue weighted by molar-refractivity contribution is -0.140. The van der Waals surface area contributed by atoms with E-state index in [1.54, 1.807) is 43.0 Å². The van der Waals surface area contributed by atoms with Gasteiger partial charge in [-0.2, -0.15) is 0 Å². The Hall–Kier alpha value is -3.90. The molecule has 7 heteroatoms. The summed E-state index contributed by atoms with van der Waals surface area (Å²) in [6.45, 7) is 6.04. The molecule has 0 radical (unpaired) electrons. The van der Waals surface area contributed by atoms with Crippen molar-refractivity contribution < 1.29 is 19.1 Å². The number of ether oxygens (including phenoxy) is 1. The van der Waals surface area contributed by atoms with Crippen LogP contribution in [0.25, 0.3) is 0 Å². The van der Waals surface area contributed by atoms with Crippen LogP contribution in [0.5, 0.6) is 0 Å². The van der Waals surface area contributed by atoms with Crippen molar-refractivity contribution in [3.05, 3.63) is 111 Å². The molecule has 3 aromatic rings. The number of rotatable bonds is 7. The first-order valence-electron chi connectivity index (χ1n) is 12.2. The molecule has 37 heavy (non-hydrogen) atoms. The molecule has 1 unspecified atom stereocenters. The molecule has 0 bridgehead atoms. The quantitative estimate of drug-likeness (QED) is 0.376. The number of nitrogens with zero attached hydrogens (tertiary/aromatic N) is 1. The lowest BCUT2D eigenvalue weighted by Crippen LogP contribution is -2.38. The number of carbonyl (C=O) groups excluding carboxylic acids is 3. The standard InChI is InChI=1S/C30H29ClN2O4/c1-4-37-30(36)28-20(3)33(27(34)17-26(28)22-11-13-24(31)14-12-22)18-21-7-9-23(10-8-21)29(35)32-25-15-5-19(2)6-16-25/h5-16,26H,4,17-18H2,1-3H3,(H,32,35). The molecule has 3 aromatic carbocycles. The van der Waals surface area contributed by atoms with E-state index in [1.165, 1.54) is 0 Å². The van der Waals surface area contributed by atoms with E-state index in [4.69, 9.17) is 16.3 Å². The van der Waals surface area contributed by atoms with Crippen LogP contribution in [0.3, 0.4) is 0 Å². The van der Waals surface area contributed by atoms with Gasteiger partial charge in [-0.25, -0.2) is 4.79 Å². The van der Waals surface area contributed by atoms with Gasteiger partial charge in [0.25, 0.3) is 5.91 Å².